The third-order valence-corrected chi connectivity index (χ3v) is 3.57. The molecule has 0 spiro atoms. The standard InChI is InChI=1S/C16H24N2O/c1-5-8-18-12(4)15(10-17-11(2)3)14-9-13(19)6-7-16(14)18/h6-7,9,11,17,19H,5,8,10H2,1-4H3. The number of nitrogens with one attached hydrogen (secondary N) is 1. The number of benzene rings is 1. The van der Waals surface area contributed by atoms with Gasteiger partial charge in [0.2, 0.25) is 0 Å². The zero-order chi connectivity index (χ0) is 14.0. The van der Waals surface area contributed by atoms with Crippen LogP contribution in [0, 0.1) is 6.92 Å². The van der Waals surface area contributed by atoms with Crippen LogP contribution in [0.15, 0.2) is 18.2 Å². The molecule has 3 heteroatoms. The van der Waals surface area contributed by atoms with Crippen LogP contribution in [-0.2, 0) is 13.1 Å². The molecule has 1 heterocycles. The Morgan fingerprint density at radius 1 is 1.32 bits per heavy atom. The summed E-state index contributed by atoms with van der Waals surface area (Å²) in [5.41, 5.74) is 3.82. The number of phenolic OH excluding ortho intramolecular Hbond substituents is 1. The Labute approximate surface area is 115 Å². The molecule has 1 aromatic heterocycles. The van der Waals surface area contributed by atoms with E-state index in [1.807, 2.05) is 12.1 Å². The van der Waals surface area contributed by atoms with Crippen molar-refractivity contribution < 1.29 is 5.11 Å². The van der Waals surface area contributed by atoms with E-state index in [1.165, 1.54) is 22.2 Å². The van der Waals surface area contributed by atoms with E-state index in [-0.39, 0.29) is 0 Å². The van der Waals surface area contributed by atoms with Crippen LogP contribution in [-0.4, -0.2) is 15.7 Å². The maximum absolute atomic E-state index is 9.73. The van der Waals surface area contributed by atoms with Crippen molar-refractivity contribution in [2.24, 2.45) is 0 Å². The van der Waals surface area contributed by atoms with E-state index in [0.717, 1.165) is 19.5 Å². The lowest BCUT2D eigenvalue weighted by Gasteiger charge is -2.09. The maximum atomic E-state index is 9.73. The van der Waals surface area contributed by atoms with Gasteiger partial charge in [-0.3, -0.25) is 0 Å². The number of hydrogen-bond donors (Lipinski definition) is 2. The summed E-state index contributed by atoms with van der Waals surface area (Å²) in [6, 6.07) is 6.13. The van der Waals surface area contributed by atoms with Crippen LogP contribution in [0.4, 0.5) is 0 Å². The Kier molecular flexibility index (Phi) is 4.15. The predicted molar refractivity (Wildman–Crippen MR) is 80.6 cm³/mol. The fourth-order valence-electron chi connectivity index (χ4n) is 2.58. The highest BCUT2D eigenvalue weighted by Gasteiger charge is 2.14. The monoisotopic (exact) mass is 260 g/mol. The summed E-state index contributed by atoms with van der Waals surface area (Å²) >= 11 is 0. The van der Waals surface area contributed by atoms with Crippen molar-refractivity contribution in [3.8, 4) is 5.75 Å². The normalized spacial score (nSPS) is 11.6. The summed E-state index contributed by atoms with van der Waals surface area (Å²) in [7, 11) is 0. The first-order valence-corrected chi connectivity index (χ1v) is 7.08. The van der Waals surface area contributed by atoms with Crippen LogP contribution < -0.4 is 5.32 Å². The second-order valence-electron chi connectivity index (χ2n) is 5.45. The minimum Gasteiger partial charge on any atom is -0.508 e. The maximum Gasteiger partial charge on any atom is 0.116 e. The highest BCUT2D eigenvalue weighted by atomic mass is 16.3. The molecule has 0 atom stereocenters. The average Bonchev–Trinajstić information content (AvgIpc) is 2.60. The predicted octanol–water partition coefficient (Wildman–Crippen LogP) is 3.56. The van der Waals surface area contributed by atoms with E-state index in [2.05, 4.69) is 37.6 Å². The van der Waals surface area contributed by atoms with E-state index in [1.54, 1.807) is 6.07 Å². The Hall–Kier alpha value is -1.48. The highest BCUT2D eigenvalue weighted by Crippen LogP contribution is 2.29. The van der Waals surface area contributed by atoms with Crippen LogP contribution in [0.25, 0.3) is 10.9 Å². The molecule has 0 unspecified atom stereocenters. The molecule has 0 saturated carbocycles. The third kappa shape index (κ3) is 2.76. The quantitative estimate of drug-likeness (QED) is 0.862. The molecule has 19 heavy (non-hydrogen) atoms. The fourth-order valence-corrected chi connectivity index (χ4v) is 2.58. The number of aryl methyl sites for hydroxylation is 1. The average molecular weight is 260 g/mol. The van der Waals surface area contributed by atoms with Gasteiger partial charge in [0.05, 0.1) is 0 Å². The van der Waals surface area contributed by atoms with Crippen molar-refractivity contribution in [2.75, 3.05) is 0 Å². The van der Waals surface area contributed by atoms with E-state index < -0.39 is 0 Å². The largest absolute Gasteiger partial charge is 0.508 e. The molecule has 0 aliphatic carbocycles. The van der Waals surface area contributed by atoms with Crippen molar-refractivity contribution >= 4 is 10.9 Å². The van der Waals surface area contributed by atoms with Gasteiger partial charge in [0.25, 0.3) is 0 Å². The van der Waals surface area contributed by atoms with Crippen molar-refractivity contribution in [1.29, 1.82) is 0 Å². The van der Waals surface area contributed by atoms with Crippen LogP contribution in [0.1, 0.15) is 38.4 Å². The highest BCUT2D eigenvalue weighted by molar-refractivity contribution is 5.86. The summed E-state index contributed by atoms with van der Waals surface area (Å²) in [4.78, 5) is 0. The zero-order valence-electron chi connectivity index (χ0n) is 12.3. The third-order valence-electron chi connectivity index (χ3n) is 3.57. The van der Waals surface area contributed by atoms with E-state index in [9.17, 15) is 5.11 Å². The summed E-state index contributed by atoms with van der Waals surface area (Å²) in [6.45, 7) is 10.5. The minimum absolute atomic E-state index is 0.340. The second-order valence-corrected chi connectivity index (χ2v) is 5.45. The number of hydrogen-bond acceptors (Lipinski definition) is 2. The van der Waals surface area contributed by atoms with Gasteiger partial charge in [0, 0.05) is 35.7 Å². The first-order chi connectivity index (χ1) is 9.04. The smallest absolute Gasteiger partial charge is 0.116 e. The van der Waals surface area contributed by atoms with Gasteiger partial charge in [-0.15, -0.1) is 0 Å². The topological polar surface area (TPSA) is 37.2 Å². The van der Waals surface area contributed by atoms with Crippen molar-refractivity contribution in [1.82, 2.24) is 9.88 Å². The molecule has 0 aliphatic heterocycles. The van der Waals surface area contributed by atoms with Crippen LogP contribution in [0.5, 0.6) is 5.75 Å². The van der Waals surface area contributed by atoms with Crippen molar-refractivity contribution in [3.63, 3.8) is 0 Å². The zero-order valence-corrected chi connectivity index (χ0v) is 12.3. The first kappa shape index (κ1) is 13.9. The van der Waals surface area contributed by atoms with Gasteiger partial charge >= 0.3 is 0 Å². The molecule has 3 nitrogen and oxygen atoms in total. The molecule has 104 valence electrons. The number of phenols is 1. The molecule has 0 radical (unpaired) electrons. The molecule has 0 aliphatic rings. The fraction of sp³-hybridized carbons (Fsp3) is 0.500. The van der Waals surface area contributed by atoms with E-state index >= 15 is 0 Å². The van der Waals surface area contributed by atoms with Crippen LogP contribution in [0.3, 0.4) is 0 Å². The van der Waals surface area contributed by atoms with Crippen LogP contribution in [0.2, 0.25) is 0 Å². The summed E-state index contributed by atoms with van der Waals surface area (Å²) in [6.07, 6.45) is 1.11. The van der Waals surface area contributed by atoms with Crippen molar-refractivity contribution in [3.05, 3.63) is 29.5 Å². The Bertz CT molecular complexity index is 570. The lowest BCUT2D eigenvalue weighted by atomic mass is 10.1. The molecule has 2 rings (SSSR count). The molecule has 2 aromatic rings. The second kappa shape index (κ2) is 5.66. The van der Waals surface area contributed by atoms with Gasteiger partial charge in [0.1, 0.15) is 5.75 Å². The molecule has 0 fully saturated rings. The Balaban J connectivity index is 2.53. The molecule has 1 aromatic carbocycles. The van der Waals surface area contributed by atoms with Gasteiger partial charge < -0.3 is 15.0 Å². The first-order valence-electron chi connectivity index (χ1n) is 7.08. The summed E-state index contributed by atoms with van der Waals surface area (Å²) < 4.78 is 2.35. The van der Waals surface area contributed by atoms with Crippen molar-refractivity contribution in [2.45, 2.75) is 53.2 Å². The lowest BCUT2D eigenvalue weighted by Crippen LogP contribution is -2.22. The molecule has 0 amide bonds. The number of rotatable bonds is 5. The number of aromatic nitrogens is 1. The minimum atomic E-state index is 0.340. The Morgan fingerprint density at radius 3 is 2.68 bits per heavy atom. The number of nitrogens with zero attached hydrogens (tertiary/aromatic N) is 1. The van der Waals surface area contributed by atoms with Gasteiger partial charge in [0.15, 0.2) is 0 Å². The van der Waals surface area contributed by atoms with Gasteiger partial charge in [-0.25, -0.2) is 0 Å². The van der Waals surface area contributed by atoms with E-state index in [0.29, 0.717) is 11.8 Å². The lowest BCUT2D eigenvalue weighted by molar-refractivity contribution is 0.476. The summed E-state index contributed by atoms with van der Waals surface area (Å²) in [5.74, 6) is 0.340. The number of aromatic hydroxyl groups is 1. The molecule has 0 bridgehead atoms. The van der Waals surface area contributed by atoms with Gasteiger partial charge in [-0.1, -0.05) is 20.8 Å². The molecular weight excluding hydrogens is 236 g/mol. The Morgan fingerprint density at radius 2 is 2.05 bits per heavy atom. The van der Waals surface area contributed by atoms with Gasteiger partial charge in [-0.2, -0.15) is 0 Å². The molecular formula is C16H24N2O. The number of fused-ring (bicyclic) bond motifs is 1. The molecule has 0 saturated heterocycles. The SMILES string of the molecule is CCCn1c(C)c(CNC(C)C)c2cc(O)ccc21. The summed E-state index contributed by atoms with van der Waals surface area (Å²) in [5, 5.41) is 14.4. The van der Waals surface area contributed by atoms with Gasteiger partial charge in [-0.05, 0) is 37.1 Å². The van der Waals surface area contributed by atoms with Crippen LogP contribution >= 0.6 is 0 Å². The van der Waals surface area contributed by atoms with E-state index in [4.69, 9.17) is 0 Å². The molecule has 2 N–H and O–H groups in total.